The lowest BCUT2D eigenvalue weighted by Gasteiger charge is -2.47. The Morgan fingerprint density at radius 1 is 1.06 bits per heavy atom. The van der Waals surface area contributed by atoms with E-state index in [1.165, 1.54) is 28.6 Å². The summed E-state index contributed by atoms with van der Waals surface area (Å²) < 4.78 is 84.5. The first-order valence-corrected chi connectivity index (χ1v) is 15.2. The van der Waals surface area contributed by atoms with Crippen LogP contribution in [0.5, 0.6) is 5.75 Å². The fourth-order valence-electron chi connectivity index (χ4n) is 5.68. The summed E-state index contributed by atoms with van der Waals surface area (Å²) in [6.45, 7) is -3.00. The van der Waals surface area contributed by atoms with Crippen LogP contribution >= 0.6 is 15.9 Å². The summed E-state index contributed by atoms with van der Waals surface area (Å²) in [5.41, 5.74) is 0.823. The van der Waals surface area contributed by atoms with Gasteiger partial charge in [0.2, 0.25) is 0 Å². The Kier molecular flexibility index (Phi) is 5.96. The maximum Gasteiger partial charge on any atom is 0.387 e. The van der Waals surface area contributed by atoms with Crippen molar-refractivity contribution in [2.75, 3.05) is 15.8 Å². The molecule has 1 aliphatic carbocycles. The minimum Gasteiger partial charge on any atom is -0.435 e. The van der Waals surface area contributed by atoms with Gasteiger partial charge in [-0.1, -0.05) is 22.4 Å². The van der Waals surface area contributed by atoms with Crippen molar-refractivity contribution in [2.45, 2.75) is 55.1 Å². The van der Waals surface area contributed by atoms with Crippen LogP contribution < -0.4 is 9.04 Å². The zero-order valence-electron chi connectivity index (χ0n) is 18.2. The zero-order valence-corrected chi connectivity index (χ0v) is 21.4. The molecule has 0 radical (unpaired) electrons. The van der Waals surface area contributed by atoms with E-state index >= 15 is 0 Å². The molecule has 2 fully saturated rings. The third-order valence-electron chi connectivity index (χ3n) is 7.47. The van der Waals surface area contributed by atoms with Crippen molar-refractivity contribution in [3.8, 4) is 5.75 Å². The smallest absolute Gasteiger partial charge is 0.387 e. The molecule has 0 amide bonds. The normalized spacial score (nSPS) is 23.6. The lowest BCUT2D eigenvalue weighted by molar-refractivity contribution is -0.0498. The van der Waals surface area contributed by atoms with Gasteiger partial charge < -0.3 is 4.74 Å². The molecule has 1 atom stereocenters. The van der Waals surface area contributed by atoms with Crippen LogP contribution in [0.15, 0.2) is 51.8 Å². The summed E-state index contributed by atoms with van der Waals surface area (Å²) in [6, 6.07) is 10.1. The average molecular weight is 576 g/mol. The van der Waals surface area contributed by atoms with Gasteiger partial charge in [-0.05, 0) is 79.6 Å². The molecule has 0 aromatic heterocycles. The van der Waals surface area contributed by atoms with Gasteiger partial charge in [-0.2, -0.15) is 8.78 Å². The van der Waals surface area contributed by atoms with Gasteiger partial charge in [-0.25, -0.2) is 16.8 Å². The Balaban J connectivity index is 1.64. The van der Waals surface area contributed by atoms with Gasteiger partial charge >= 0.3 is 6.61 Å². The summed E-state index contributed by atoms with van der Waals surface area (Å²) in [4.78, 5) is -0.0206. The second-order valence-corrected chi connectivity index (χ2v) is 14.3. The number of sulfone groups is 1. The fourth-order valence-corrected chi connectivity index (χ4v) is 9.40. The molecule has 1 saturated heterocycles. The van der Waals surface area contributed by atoms with Crippen molar-refractivity contribution in [3.63, 3.8) is 0 Å². The molecule has 3 aliphatic rings. The second-order valence-electron chi connectivity index (χ2n) is 9.26. The Morgan fingerprint density at radius 3 is 2.26 bits per heavy atom. The highest BCUT2D eigenvalue weighted by Gasteiger charge is 2.59. The molecule has 184 valence electrons. The molecule has 2 aromatic carbocycles. The van der Waals surface area contributed by atoms with E-state index in [0.29, 0.717) is 18.5 Å². The van der Waals surface area contributed by atoms with Crippen molar-refractivity contribution in [2.24, 2.45) is 5.92 Å². The molecule has 2 aliphatic heterocycles. The lowest BCUT2D eigenvalue weighted by atomic mass is 9.64. The zero-order chi connectivity index (χ0) is 24.3. The minimum absolute atomic E-state index is 0.0206. The first-order chi connectivity index (χ1) is 16.0. The van der Waals surface area contributed by atoms with E-state index in [0.717, 1.165) is 29.3 Å². The molecule has 34 heavy (non-hydrogen) atoms. The van der Waals surface area contributed by atoms with Crippen LogP contribution in [0.2, 0.25) is 0 Å². The third kappa shape index (κ3) is 3.93. The van der Waals surface area contributed by atoms with Gasteiger partial charge in [0.25, 0.3) is 10.0 Å². The predicted octanol–water partition coefficient (Wildman–Crippen LogP) is 4.87. The van der Waals surface area contributed by atoms with Crippen molar-refractivity contribution >= 4 is 41.5 Å². The Bertz CT molecular complexity index is 1300. The van der Waals surface area contributed by atoms with Gasteiger partial charge in [-0.3, -0.25) is 4.31 Å². The number of alkyl halides is 2. The summed E-state index contributed by atoms with van der Waals surface area (Å²) in [5.74, 6) is 0.0400. The maximum atomic E-state index is 14.0. The van der Waals surface area contributed by atoms with Crippen LogP contribution in [0, 0.1) is 5.92 Å². The molecule has 0 N–H and O–H groups in total. The number of hydrogen-bond donors (Lipinski definition) is 0. The summed E-state index contributed by atoms with van der Waals surface area (Å²) in [6.07, 6.45) is 3.49. The first-order valence-electron chi connectivity index (χ1n) is 11.1. The fraction of sp³-hybridized carbons (Fsp3) is 0.478. The van der Waals surface area contributed by atoms with Crippen molar-refractivity contribution < 1.29 is 30.4 Å². The number of nitrogens with zero attached hydrogens (tertiary/aromatic N) is 1. The largest absolute Gasteiger partial charge is 0.435 e. The van der Waals surface area contributed by atoms with Crippen LogP contribution in [-0.2, 0) is 25.3 Å². The molecule has 5 rings (SSSR count). The quantitative estimate of drug-likeness (QED) is 0.508. The number of halogens is 3. The van der Waals surface area contributed by atoms with Crippen LogP contribution in [0.3, 0.4) is 0 Å². The van der Waals surface area contributed by atoms with Crippen LogP contribution in [0.25, 0.3) is 0 Å². The van der Waals surface area contributed by atoms with Crippen LogP contribution in [0.4, 0.5) is 14.5 Å². The first kappa shape index (κ1) is 24.0. The van der Waals surface area contributed by atoms with E-state index in [1.54, 1.807) is 12.1 Å². The number of anilines is 1. The number of rotatable bonds is 5. The molecule has 1 saturated carbocycles. The second kappa shape index (κ2) is 8.44. The number of benzene rings is 2. The van der Waals surface area contributed by atoms with Gasteiger partial charge in [0.05, 0.1) is 28.1 Å². The van der Waals surface area contributed by atoms with Gasteiger partial charge in [0.1, 0.15) is 15.6 Å². The standard InChI is InChI=1S/C23H24BrF2NO5S2/c24-16-4-9-20-19(14-16)23(10-12-33(28,29)13-11-23)21(15-2-1-3-15)27(20)34(30,31)18-7-5-17(6-8-18)32-22(25)26/h4-9,14-15,21-22H,1-3,10-13H2. The highest BCUT2D eigenvalue weighted by atomic mass is 79.9. The van der Waals surface area contributed by atoms with E-state index in [4.69, 9.17) is 0 Å². The molecular formula is C23H24BrF2NO5S2. The van der Waals surface area contributed by atoms with Crippen molar-refractivity contribution in [1.82, 2.24) is 0 Å². The molecule has 2 heterocycles. The van der Waals surface area contributed by atoms with Gasteiger partial charge in [0.15, 0.2) is 0 Å². The minimum atomic E-state index is -4.06. The SMILES string of the molecule is O=S1(=O)CCC2(CC1)c1cc(Br)ccc1N(S(=O)(=O)c1ccc(OC(F)F)cc1)C2C1CCC1. The molecular weight excluding hydrogens is 552 g/mol. The van der Waals surface area contributed by atoms with E-state index < -0.39 is 37.9 Å². The van der Waals surface area contributed by atoms with Gasteiger partial charge in [0, 0.05) is 9.89 Å². The maximum absolute atomic E-state index is 14.0. The third-order valence-corrected chi connectivity index (χ3v) is 11.4. The lowest BCUT2D eigenvalue weighted by Crippen LogP contribution is -2.55. The monoisotopic (exact) mass is 575 g/mol. The summed E-state index contributed by atoms with van der Waals surface area (Å²) >= 11 is 3.51. The van der Waals surface area contributed by atoms with E-state index in [1.807, 2.05) is 6.07 Å². The molecule has 0 bridgehead atoms. The highest BCUT2D eigenvalue weighted by molar-refractivity contribution is 9.10. The highest BCUT2D eigenvalue weighted by Crippen LogP contribution is 2.58. The molecule has 1 spiro atoms. The summed E-state index contributed by atoms with van der Waals surface area (Å²) in [7, 11) is -7.23. The van der Waals surface area contributed by atoms with E-state index in [-0.39, 0.29) is 28.1 Å². The number of ether oxygens (including phenoxy) is 1. The van der Waals surface area contributed by atoms with Crippen molar-refractivity contribution in [1.29, 1.82) is 0 Å². The topological polar surface area (TPSA) is 80.8 Å². The van der Waals surface area contributed by atoms with E-state index in [2.05, 4.69) is 20.7 Å². The number of sulfonamides is 1. The van der Waals surface area contributed by atoms with Gasteiger partial charge in [-0.15, -0.1) is 0 Å². The Morgan fingerprint density at radius 2 is 1.71 bits per heavy atom. The molecule has 11 heteroatoms. The van der Waals surface area contributed by atoms with Crippen molar-refractivity contribution in [3.05, 3.63) is 52.5 Å². The predicted molar refractivity (Wildman–Crippen MR) is 128 cm³/mol. The number of fused-ring (bicyclic) bond motifs is 2. The molecule has 1 unspecified atom stereocenters. The van der Waals surface area contributed by atoms with Crippen LogP contribution in [-0.4, -0.2) is 41.0 Å². The Hall–Kier alpha value is -1.72. The molecule has 6 nitrogen and oxygen atoms in total. The van der Waals surface area contributed by atoms with E-state index in [9.17, 15) is 25.6 Å². The molecule has 2 aromatic rings. The number of hydrogen-bond acceptors (Lipinski definition) is 5. The average Bonchev–Trinajstić information content (AvgIpc) is 2.99. The Labute approximate surface area is 206 Å². The summed E-state index contributed by atoms with van der Waals surface area (Å²) in [5, 5.41) is 0. The van der Waals surface area contributed by atoms with Crippen LogP contribution in [0.1, 0.15) is 37.7 Å².